The maximum absolute atomic E-state index is 11.8. The molecule has 0 radical (unpaired) electrons. The quantitative estimate of drug-likeness (QED) is 0.218. The molecule has 25 heavy (non-hydrogen) atoms. The Balaban J connectivity index is 0.00000113. The van der Waals surface area contributed by atoms with Gasteiger partial charge in [-0.2, -0.15) is 18.2 Å². The number of rotatable bonds is 1. The second-order valence-corrected chi connectivity index (χ2v) is 6.55. The van der Waals surface area contributed by atoms with Crippen LogP contribution in [0.25, 0.3) is 0 Å². The molecule has 1 aromatic rings. The Morgan fingerprint density at radius 3 is 2.80 bits per heavy atom. The summed E-state index contributed by atoms with van der Waals surface area (Å²) in [7, 11) is 0. The first kappa shape index (κ1) is 20.7. The van der Waals surface area contributed by atoms with Crippen LogP contribution >= 0.6 is 0 Å². The third kappa shape index (κ3) is 3.05. The van der Waals surface area contributed by atoms with Gasteiger partial charge in [-0.15, -0.1) is 11.6 Å². The topological polar surface area (TPSA) is 69.7 Å². The van der Waals surface area contributed by atoms with Gasteiger partial charge in [0.1, 0.15) is 6.10 Å². The van der Waals surface area contributed by atoms with Crippen LogP contribution in [0.3, 0.4) is 0 Å². The number of hydrogen-bond acceptors (Lipinski definition) is 5. The van der Waals surface area contributed by atoms with Crippen molar-refractivity contribution in [1.82, 2.24) is 0 Å². The summed E-state index contributed by atoms with van der Waals surface area (Å²) in [5.41, 5.74) is 3.28. The molecule has 0 aliphatic carbocycles. The molecule has 3 heterocycles. The fourth-order valence-electron chi connectivity index (χ4n) is 3.88. The van der Waals surface area contributed by atoms with Gasteiger partial charge in [-0.25, -0.2) is 4.79 Å². The number of carboxylic acids is 1. The zero-order chi connectivity index (χ0) is 16.4. The van der Waals surface area contributed by atoms with Crippen molar-refractivity contribution in [2.24, 2.45) is 0 Å². The third-order valence-corrected chi connectivity index (χ3v) is 4.89. The number of nitrogens with zero attached hydrogens (tertiary/aromatic N) is 1. The van der Waals surface area contributed by atoms with E-state index in [1.54, 1.807) is 0 Å². The molecule has 0 saturated heterocycles. The van der Waals surface area contributed by atoms with Crippen LogP contribution in [-0.4, -0.2) is 24.6 Å². The number of carbonyl (C=O) groups is 2. The van der Waals surface area contributed by atoms with Gasteiger partial charge in [0.25, 0.3) is 0 Å². The number of anilines is 1. The molecule has 7 heteroatoms. The summed E-state index contributed by atoms with van der Waals surface area (Å²) in [6, 6.07) is 8.97. The van der Waals surface area contributed by atoms with Gasteiger partial charge in [0.15, 0.2) is 0 Å². The fourth-order valence-corrected chi connectivity index (χ4v) is 3.88. The van der Waals surface area contributed by atoms with Crippen LogP contribution < -0.4 is 69.1 Å². The van der Waals surface area contributed by atoms with Crippen molar-refractivity contribution in [2.45, 2.75) is 31.8 Å². The Kier molecular flexibility index (Phi) is 5.99. The SMILES string of the molecule is CC1(C)C2=C3C=C(C(=O)[O-])C(=O)OC3CCN2c2cc[c-]cc21.[Na+].[Na+]. The summed E-state index contributed by atoms with van der Waals surface area (Å²) in [6.07, 6.45) is 1.68. The molecule has 3 aliphatic rings. The predicted octanol–water partition coefficient (Wildman–Crippen LogP) is -5.15. The molecule has 1 unspecified atom stereocenters. The standard InChI is InChI=1S/C18H16NO4.2Na/c1-18(2)12-5-3-4-6-13(12)19-8-7-14-10(15(18)19)9-11(16(20)21)17(22)23-14;;/h4-6,9,14H,7-8H2,1-2H3,(H,20,21);;/q-1;2*+1/p-1. The van der Waals surface area contributed by atoms with E-state index in [4.69, 9.17) is 4.74 Å². The van der Waals surface area contributed by atoms with E-state index in [1.807, 2.05) is 18.2 Å². The van der Waals surface area contributed by atoms with Gasteiger partial charge in [-0.3, -0.25) is 0 Å². The normalized spacial score (nSPS) is 22.5. The summed E-state index contributed by atoms with van der Waals surface area (Å²) in [4.78, 5) is 25.2. The van der Waals surface area contributed by atoms with Crippen molar-refractivity contribution in [3.05, 3.63) is 52.7 Å². The van der Waals surface area contributed by atoms with Crippen LogP contribution in [-0.2, 0) is 19.7 Å². The van der Waals surface area contributed by atoms with E-state index in [-0.39, 0.29) is 64.5 Å². The van der Waals surface area contributed by atoms with Gasteiger partial charge < -0.3 is 19.5 Å². The summed E-state index contributed by atoms with van der Waals surface area (Å²) >= 11 is 0. The van der Waals surface area contributed by atoms with Crippen LogP contribution in [0.2, 0.25) is 0 Å². The molecule has 0 bridgehead atoms. The second-order valence-electron chi connectivity index (χ2n) is 6.55. The van der Waals surface area contributed by atoms with E-state index in [0.29, 0.717) is 6.42 Å². The number of carbonyl (C=O) groups excluding carboxylic acids is 2. The van der Waals surface area contributed by atoms with Crippen LogP contribution in [0.4, 0.5) is 5.69 Å². The fraction of sp³-hybridized carbons (Fsp3) is 0.333. The number of hydrogen-bond donors (Lipinski definition) is 0. The summed E-state index contributed by atoms with van der Waals surface area (Å²) in [5.74, 6) is -2.31. The van der Waals surface area contributed by atoms with Crippen LogP contribution in [0.5, 0.6) is 0 Å². The summed E-state index contributed by atoms with van der Waals surface area (Å²) < 4.78 is 5.34. The number of allylic oxidation sites excluding steroid dienone is 1. The second kappa shape index (κ2) is 7.22. The monoisotopic (exact) mass is 355 g/mol. The Labute approximate surface area is 190 Å². The van der Waals surface area contributed by atoms with E-state index >= 15 is 0 Å². The molecule has 0 aromatic heterocycles. The number of esters is 1. The number of ether oxygens (including phenoxy) is 1. The van der Waals surface area contributed by atoms with Gasteiger partial charge in [-0.1, -0.05) is 19.5 Å². The van der Waals surface area contributed by atoms with E-state index in [2.05, 4.69) is 24.8 Å². The first-order valence-corrected chi connectivity index (χ1v) is 7.58. The minimum atomic E-state index is -1.50. The molecule has 0 amide bonds. The molecule has 3 aliphatic heterocycles. The van der Waals surface area contributed by atoms with Crippen molar-refractivity contribution < 1.29 is 78.5 Å². The minimum absolute atomic E-state index is 0. The largest absolute Gasteiger partial charge is 1.00 e. The number of fused-ring (bicyclic) bond motifs is 4. The van der Waals surface area contributed by atoms with Crippen molar-refractivity contribution in [1.29, 1.82) is 0 Å². The maximum atomic E-state index is 11.8. The zero-order valence-corrected chi connectivity index (χ0v) is 18.9. The molecule has 0 spiro atoms. The van der Waals surface area contributed by atoms with E-state index in [0.717, 1.165) is 29.1 Å². The van der Waals surface area contributed by atoms with Gasteiger partial charge in [0, 0.05) is 24.2 Å². The molecule has 1 aromatic carbocycles. The van der Waals surface area contributed by atoms with Gasteiger partial charge >= 0.3 is 65.1 Å². The molecule has 1 atom stereocenters. The van der Waals surface area contributed by atoms with Gasteiger partial charge in [-0.05, 0) is 11.5 Å². The Hall–Kier alpha value is -0.560. The van der Waals surface area contributed by atoms with Crippen molar-refractivity contribution in [2.75, 3.05) is 11.4 Å². The van der Waals surface area contributed by atoms with Crippen LogP contribution in [0.1, 0.15) is 25.8 Å². The van der Waals surface area contributed by atoms with E-state index in [1.165, 1.54) is 6.08 Å². The smallest absolute Gasteiger partial charge is 0.545 e. The Morgan fingerprint density at radius 2 is 2.12 bits per heavy atom. The minimum Gasteiger partial charge on any atom is -0.545 e. The van der Waals surface area contributed by atoms with Crippen molar-refractivity contribution in [3.63, 3.8) is 0 Å². The molecule has 0 N–H and O–H groups in total. The van der Waals surface area contributed by atoms with E-state index < -0.39 is 23.6 Å². The number of carboxylic acid groups (broad SMARTS) is 1. The van der Waals surface area contributed by atoms with Crippen LogP contribution in [0.15, 0.2) is 41.1 Å². The Bertz CT molecular complexity index is 813. The first-order chi connectivity index (χ1) is 10.9. The molecule has 118 valence electrons. The van der Waals surface area contributed by atoms with Gasteiger partial charge in [0.05, 0.1) is 11.5 Å². The average molecular weight is 355 g/mol. The number of benzene rings is 1. The first-order valence-electron chi connectivity index (χ1n) is 7.58. The van der Waals surface area contributed by atoms with Crippen molar-refractivity contribution >= 4 is 17.6 Å². The summed E-state index contributed by atoms with van der Waals surface area (Å²) in [6.45, 7) is 4.91. The number of aliphatic carboxylic acids is 1. The van der Waals surface area contributed by atoms with Crippen LogP contribution in [0, 0.1) is 6.07 Å². The Morgan fingerprint density at radius 1 is 1.40 bits per heavy atom. The third-order valence-electron chi connectivity index (χ3n) is 4.89. The zero-order valence-electron chi connectivity index (χ0n) is 14.9. The summed E-state index contributed by atoms with van der Waals surface area (Å²) in [5, 5.41) is 11.2. The molecule has 0 saturated carbocycles. The molecular formula is C18H15NNa2O4. The molecule has 0 fully saturated rings. The maximum Gasteiger partial charge on any atom is 1.00 e. The van der Waals surface area contributed by atoms with Crippen molar-refractivity contribution in [3.8, 4) is 0 Å². The average Bonchev–Trinajstić information content (AvgIpc) is 2.75. The molecular weight excluding hydrogens is 340 g/mol. The molecule has 4 rings (SSSR count). The molecule has 5 nitrogen and oxygen atoms in total. The van der Waals surface area contributed by atoms with E-state index in [9.17, 15) is 14.7 Å². The van der Waals surface area contributed by atoms with Gasteiger partial charge in [0.2, 0.25) is 0 Å². The predicted molar refractivity (Wildman–Crippen MR) is 80.3 cm³/mol.